The number of hydrogen-bond acceptors (Lipinski definition) is 9. The van der Waals surface area contributed by atoms with Crippen molar-refractivity contribution >= 4 is 17.7 Å². The molecule has 1 N–H and O–H groups in total. The van der Waals surface area contributed by atoms with Gasteiger partial charge in [0.05, 0.1) is 23.9 Å². The number of thioether (sulfide) groups is 1. The Kier molecular flexibility index (Phi) is 10.9. The molecule has 2 heterocycles. The van der Waals surface area contributed by atoms with Gasteiger partial charge in [-0.2, -0.15) is 11.8 Å². The van der Waals surface area contributed by atoms with Gasteiger partial charge in [-0.3, -0.25) is 0 Å². The summed E-state index contributed by atoms with van der Waals surface area (Å²) in [6.45, 7) is 4.24. The van der Waals surface area contributed by atoms with Gasteiger partial charge in [0.15, 0.2) is 5.69 Å². The second-order valence-electron chi connectivity index (χ2n) is 13.1. The van der Waals surface area contributed by atoms with E-state index in [1.54, 1.807) is 18.7 Å². The van der Waals surface area contributed by atoms with E-state index in [9.17, 15) is 9.90 Å². The van der Waals surface area contributed by atoms with Crippen LogP contribution in [0.4, 0.5) is 0 Å². The molecule has 1 aliphatic heterocycles. The molecule has 5 aromatic carbocycles. The molecule has 0 bridgehead atoms. The molecule has 10 heteroatoms. The summed E-state index contributed by atoms with van der Waals surface area (Å²) in [5, 5.41) is 29.4. The van der Waals surface area contributed by atoms with Crippen LogP contribution < -0.4 is 0 Å². The standard InChI is InChI=1S/C44H42N6O3S/c1-4-38(51)40-41(42(52)53-5-2)50(39(45-40)30-54-3)29-31-25-27-32(28-26-31)36-23-15-16-24-37(36)44(46-48-49-47-44)43(33-17-9-6-10-18-33,34-19-11-7-12-20-34)35-21-13-8-14-22-35/h6-28,38,51H,4-5,29-30H2,1-3H3. The molecular formula is C44H42N6O3S. The van der Waals surface area contributed by atoms with Crippen molar-refractivity contribution in [3.8, 4) is 11.1 Å². The molecule has 9 nitrogen and oxygen atoms in total. The second kappa shape index (κ2) is 16.1. The van der Waals surface area contributed by atoms with Crippen LogP contribution in [0.1, 0.15) is 76.2 Å². The predicted octanol–water partition coefficient (Wildman–Crippen LogP) is 10.1. The molecule has 1 atom stereocenters. The van der Waals surface area contributed by atoms with E-state index in [4.69, 9.17) is 19.9 Å². The summed E-state index contributed by atoms with van der Waals surface area (Å²) in [6, 6.07) is 47.5. The van der Waals surface area contributed by atoms with E-state index in [1.807, 2.05) is 84.5 Å². The highest BCUT2D eigenvalue weighted by Crippen LogP contribution is 2.58. The maximum Gasteiger partial charge on any atom is 0.357 e. The first-order valence-corrected chi connectivity index (χ1v) is 19.5. The number of hydrogen-bond donors (Lipinski definition) is 1. The number of carbonyl (C=O) groups is 1. The summed E-state index contributed by atoms with van der Waals surface area (Å²) in [4.78, 5) is 18.1. The molecule has 1 aromatic heterocycles. The fourth-order valence-corrected chi connectivity index (χ4v) is 8.08. The first-order chi connectivity index (χ1) is 26.5. The molecule has 0 amide bonds. The van der Waals surface area contributed by atoms with E-state index < -0.39 is 23.2 Å². The Morgan fingerprint density at radius 3 is 1.83 bits per heavy atom. The summed E-state index contributed by atoms with van der Waals surface area (Å²) >= 11 is 1.61. The Balaban J connectivity index is 1.38. The first-order valence-electron chi connectivity index (χ1n) is 18.1. The third-order valence-electron chi connectivity index (χ3n) is 9.99. The van der Waals surface area contributed by atoms with E-state index >= 15 is 0 Å². The van der Waals surface area contributed by atoms with Crippen LogP contribution in [0.25, 0.3) is 11.1 Å². The molecule has 1 unspecified atom stereocenters. The Morgan fingerprint density at radius 2 is 1.31 bits per heavy atom. The Bertz CT molecular complexity index is 2150. The molecule has 0 spiro atoms. The molecule has 272 valence electrons. The van der Waals surface area contributed by atoms with Crippen molar-refractivity contribution in [1.82, 2.24) is 9.55 Å². The highest BCUT2D eigenvalue weighted by Gasteiger charge is 2.60. The van der Waals surface area contributed by atoms with Crippen LogP contribution in [0.5, 0.6) is 0 Å². The Labute approximate surface area is 319 Å². The second-order valence-corrected chi connectivity index (χ2v) is 13.9. The van der Waals surface area contributed by atoms with E-state index in [1.165, 1.54) is 0 Å². The number of esters is 1. The lowest BCUT2D eigenvalue weighted by Gasteiger charge is -2.45. The number of aliphatic hydroxyl groups is 1. The molecule has 1 aliphatic rings. The number of ether oxygens (including phenoxy) is 1. The molecule has 0 fully saturated rings. The van der Waals surface area contributed by atoms with Crippen molar-refractivity contribution in [3.63, 3.8) is 0 Å². The number of aliphatic hydroxyl groups excluding tert-OH is 1. The van der Waals surface area contributed by atoms with Crippen molar-refractivity contribution in [2.24, 2.45) is 20.7 Å². The summed E-state index contributed by atoms with van der Waals surface area (Å²) in [5.41, 5.74) is 5.06. The van der Waals surface area contributed by atoms with Crippen molar-refractivity contribution in [1.29, 1.82) is 0 Å². The quantitative estimate of drug-likeness (QED) is 0.0884. The summed E-state index contributed by atoms with van der Waals surface area (Å²) in [7, 11) is 0. The maximum atomic E-state index is 13.3. The van der Waals surface area contributed by atoms with Gasteiger partial charge in [0, 0.05) is 12.1 Å². The van der Waals surface area contributed by atoms with Crippen molar-refractivity contribution < 1.29 is 14.6 Å². The minimum atomic E-state index is -1.32. The smallest absolute Gasteiger partial charge is 0.357 e. The number of nitrogens with zero attached hydrogens (tertiary/aromatic N) is 6. The van der Waals surface area contributed by atoms with Gasteiger partial charge in [-0.25, -0.2) is 9.78 Å². The third kappa shape index (κ3) is 6.45. The van der Waals surface area contributed by atoms with Crippen LogP contribution >= 0.6 is 11.8 Å². The van der Waals surface area contributed by atoms with Gasteiger partial charge in [0.2, 0.25) is 5.66 Å². The number of rotatable bonds is 14. The Morgan fingerprint density at radius 1 is 0.778 bits per heavy atom. The molecule has 0 radical (unpaired) electrons. The maximum absolute atomic E-state index is 13.3. The molecule has 6 aromatic rings. The molecular weight excluding hydrogens is 693 g/mol. The average Bonchev–Trinajstić information content (AvgIpc) is 3.86. The summed E-state index contributed by atoms with van der Waals surface area (Å²) < 4.78 is 7.34. The molecule has 7 rings (SSSR count). The van der Waals surface area contributed by atoms with Crippen LogP contribution in [-0.2, 0) is 28.1 Å². The highest BCUT2D eigenvalue weighted by molar-refractivity contribution is 7.97. The number of benzene rings is 5. The normalized spacial score (nSPS) is 13.9. The zero-order valence-corrected chi connectivity index (χ0v) is 31.4. The van der Waals surface area contributed by atoms with E-state index in [-0.39, 0.29) is 6.61 Å². The number of carbonyl (C=O) groups excluding carboxylic acids is 1. The monoisotopic (exact) mass is 734 g/mol. The summed E-state index contributed by atoms with van der Waals surface area (Å²) in [5.74, 6) is 0.792. The summed E-state index contributed by atoms with van der Waals surface area (Å²) in [6.07, 6.45) is 1.54. The van der Waals surface area contributed by atoms with Crippen LogP contribution in [0.15, 0.2) is 160 Å². The zero-order valence-electron chi connectivity index (χ0n) is 30.5. The number of aromatic nitrogens is 2. The van der Waals surface area contributed by atoms with E-state index in [0.29, 0.717) is 35.9 Å². The fourth-order valence-electron chi connectivity index (χ4n) is 7.60. The largest absolute Gasteiger partial charge is 0.461 e. The lowest BCUT2D eigenvalue weighted by molar-refractivity contribution is 0.0505. The SMILES string of the molecule is CCOC(=O)c1c(C(O)CC)nc(CSC)n1Cc1ccc(-c2ccccc2C2(C(c3ccccc3)(c3ccccc3)c3ccccc3)N=NN=N2)cc1. The van der Waals surface area contributed by atoms with Crippen LogP contribution in [0.3, 0.4) is 0 Å². The van der Waals surface area contributed by atoms with Gasteiger partial charge in [0.1, 0.15) is 11.5 Å². The lowest BCUT2D eigenvalue weighted by atomic mass is 9.59. The van der Waals surface area contributed by atoms with E-state index in [0.717, 1.165) is 38.9 Å². The van der Waals surface area contributed by atoms with Crippen molar-refractivity contribution in [2.75, 3.05) is 12.9 Å². The van der Waals surface area contributed by atoms with Crippen LogP contribution in [-0.4, -0.2) is 33.5 Å². The molecule has 54 heavy (non-hydrogen) atoms. The topological polar surface area (TPSA) is 114 Å². The number of imidazole rings is 1. The van der Waals surface area contributed by atoms with Crippen molar-refractivity contribution in [3.05, 3.63) is 185 Å². The zero-order chi connectivity index (χ0) is 37.5. The molecule has 0 aliphatic carbocycles. The minimum absolute atomic E-state index is 0.221. The third-order valence-corrected chi connectivity index (χ3v) is 10.5. The van der Waals surface area contributed by atoms with E-state index in [2.05, 4.69) is 83.2 Å². The minimum Gasteiger partial charge on any atom is -0.461 e. The van der Waals surface area contributed by atoms with Gasteiger partial charge in [-0.05, 0) is 63.4 Å². The first kappa shape index (κ1) is 36.6. The van der Waals surface area contributed by atoms with Gasteiger partial charge in [-0.15, -0.1) is 10.2 Å². The molecule has 0 saturated heterocycles. The van der Waals surface area contributed by atoms with Crippen molar-refractivity contribution in [2.45, 2.75) is 49.7 Å². The van der Waals surface area contributed by atoms with Gasteiger partial charge in [0.25, 0.3) is 0 Å². The molecule has 0 saturated carbocycles. The lowest BCUT2D eigenvalue weighted by Crippen LogP contribution is -2.48. The van der Waals surface area contributed by atoms with Gasteiger partial charge in [-0.1, -0.05) is 146 Å². The van der Waals surface area contributed by atoms with Crippen LogP contribution in [0, 0.1) is 0 Å². The van der Waals surface area contributed by atoms with Gasteiger partial charge >= 0.3 is 5.97 Å². The fraction of sp³-hybridized carbons (Fsp3) is 0.227. The predicted molar refractivity (Wildman–Crippen MR) is 212 cm³/mol. The van der Waals surface area contributed by atoms with Crippen LogP contribution in [0.2, 0.25) is 0 Å². The average molecular weight is 735 g/mol. The van der Waals surface area contributed by atoms with Gasteiger partial charge < -0.3 is 14.4 Å². The highest BCUT2D eigenvalue weighted by atomic mass is 32.2. The Hall–Kier alpha value is -5.71.